The Kier molecular flexibility index (Phi) is 3.61. The summed E-state index contributed by atoms with van der Waals surface area (Å²) < 4.78 is 10.7. The Morgan fingerprint density at radius 1 is 1.07 bits per heavy atom. The standard InChI is InChI=1S/C22H18N4O4/c27-21-11-26(23-9-13-5-6-19-20(7-13)30-12-29-19)22(28)18-8-15-14-3-1-2-4-16(14)24-17(15)10-25(18)21/h1-7,9,18,24H,8,10-12H2/b23-9+/t18-/m1/s1. The average Bonchev–Trinajstić information content (AvgIpc) is 3.37. The Hall–Kier alpha value is -3.81. The molecule has 0 saturated carbocycles. The number of hydrogen-bond acceptors (Lipinski definition) is 5. The van der Waals surface area contributed by atoms with Crippen LogP contribution in [0.25, 0.3) is 10.9 Å². The Morgan fingerprint density at radius 2 is 1.93 bits per heavy atom. The second kappa shape index (κ2) is 6.35. The van der Waals surface area contributed by atoms with Crippen molar-refractivity contribution < 1.29 is 19.1 Å². The van der Waals surface area contributed by atoms with E-state index in [1.165, 1.54) is 5.01 Å². The Labute approximate surface area is 171 Å². The predicted molar refractivity (Wildman–Crippen MR) is 108 cm³/mol. The van der Waals surface area contributed by atoms with Crippen LogP contribution in [0, 0.1) is 0 Å². The number of piperazine rings is 1. The third kappa shape index (κ3) is 2.57. The summed E-state index contributed by atoms with van der Waals surface area (Å²) in [7, 11) is 0. The Morgan fingerprint density at radius 3 is 2.87 bits per heavy atom. The van der Waals surface area contributed by atoms with E-state index in [0.29, 0.717) is 24.5 Å². The zero-order chi connectivity index (χ0) is 20.2. The lowest BCUT2D eigenvalue weighted by atomic mass is 9.94. The highest BCUT2D eigenvalue weighted by molar-refractivity contribution is 5.97. The molecule has 3 aliphatic rings. The molecule has 150 valence electrons. The molecule has 3 aromatic rings. The Balaban J connectivity index is 1.28. The summed E-state index contributed by atoms with van der Waals surface area (Å²) in [6, 6.07) is 12.9. The molecule has 0 radical (unpaired) electrons. The average molecular weight is 402 g/mol. The molecule has 1 N–H and O–H groups in total. The fourth-order valence-corrected chi connectivity index (χ4v) is 4.39. The van der Waals surface area contributed by atoms with Crippen LogP contribution in [0.15, 0.2) is 47.6 Å². The van der Waals surface area contributed by atoms with Gasteiger partial charge in [-0.25, -0.2) is 5.01 Å². The predicted octanol–water partition coefficient (Wildman–Crippen LogP) is 2.03. The highest BCUT2D eigenvalue weighted by Crippen LogP contribution is 2.33. The van der Waals surface area contributed by atoms with E-state index in [0.717, 1.165) is 27.7 Å². The van der Waals surface area contributed by atoms with Gasteiger partial charge in [-0.1, -0.05) is 18.2 Å². The number of aromatic nitrogens is 1. The van der Waals surface area contributed by atoms with E-state index in [2.05, 4.69) is 10.1 Å². The van der Waals surface area contributed by atoms with Gasteiger partial charge < -0.3 is 19.4 Å². The number of fused-ring (bicyclic) bond motifs is 5. The number of rotatable bonds is 2. The van der Waals surface area contributed by atoms with Crippen LogP contribution in [0.5, 0.6) is 11.5 Å². The number of carbonyl (C=O) groups excluding carboxylic acids is 2. The van der Waals surface area contributed by atoms with Crippen LogP contribution in [0.1, 0.15) is 16.8 Å². The van der Waals surface area contributed by atoms with Gasteiger partial charge in [0.05, 0.1) is 12.8 Å². The molecule has 8 heteroatoms. The maximum atomic E-state index is 13.1. The molecule has 2 aromatic carbocycles. The minimum Gasteiger partial charge on any atom is -0.454 e. The smallest absolute Gasteiger partial charge is 0.266 e. The van der Waals surface area contributed by atoms with Gasteiger partial charge in [-0.2, -0.15) is 5.10 Å². The summed E-state index contributed by atoms with van der Waals surface area (Å²) in [5.74, 6) is 1.06. The van der Waals surface area contributed by atoms with E-state index in [-0.39, 0.29) is 25.2 Å². The van der Waals surface area contributed by atoms with Gasteiger partial charge in [-0.3, -0.25) is 9.59 Å². The van der Waals surface area contributed by atoms with E-state index in [1.807, 2.05) is 30.3 Å². The fourth-order valence-electron chi connectivity index (χ4n) is 4.39. The van der Waals surface area contributed by atoms with E-state index in [1.54, 1.807) is 23.2 Å². The number of ether oxygens (including phenoxy) is 2. The number of hydrazone groups is 1. The molecule has 0 bridgehead atoms. The molecular formula is C22H18N4O4. The minimum absolute atomic E-state index is 0.0635. The third-order valence-corrected chi connectivity index (χ3v) is 5.89. The van der Waals surface area contributed by atoms with Crippen molar-refractivity contribution in [2.45, 2.75) is 19.0 Å². The monoisotopic (exact) mass is 402 g/mol. The summed E-state index contributed by atoms with van der Waals surface area (Å²) in [6.45, 7) is 0.549. The molecule has 0 unspecified atom stereocenters. The summed E-state index contributed by atoms with van der Waals surface area (Å²) in [4.78, 5) is 31.0. The molecule has 0 aliphatic carbocycles. The number of carbonyl (C=O) groups is 2. The Bertz CT molecular complexity index is 1230. The van der Waals surface area contributed by atoms with Crippen molar-refractivity contribution in [3.63, 3.8) is 0 Å². The second-order valence-electron chi connectivity index (χ2n) is 7.62. The first-order chi connectivity index (χ1) is 14.7. The molecule has 8 nitrogen and oxygen atoms in total. The molecule has 1 fully saturated rings. The maximum Gasteiger partial charge on any atom is 0.266 e. The van der Waals surface area contributed by atoms with Crippen LogP contribution in [0.3, 0.4) is 0 Å². The highest BCUT2D eigenvalue weighted by atomic mass is 16.7. The van der Waals surface area contributed by atoms with E-state index >= 15 is 0 Å². The first-order valence-corrected chi connectivity index (χ1v) is 9.80. The maximum absolute atomic E-state index is 13.1. The van der Waals surface area contributed by atoms with Crippen molar-refractivity contribution >= 4 is 28.9 Å². The largest absolute Gasteiger partial charge is 0.454 e. The van der Waals surface area contributed by atoms with Gasteiger partial charge in [-0.15, -0.1) is 0 Å². The SMILES string of the molecule is O=C1[C@H]2Cc3c([nH]c4ccccc34)CN2C(=O)CN1/N=C/c1ccc2c(c1)OCO2. The van der Waals surface area contributed by atoms with E-state index in [4.69, 9.17) is 9.47 Å². The van der Waals surface area contributed by atoms with Gasteiger partial charge in [0, 0.05) is 23.0 Å². The normalized spacial score (nSPS) is 20.2. The lowest BCUT2D eigenvalue weighted by molar-refractivity contribution is -0.157. The molecular weight excluding hydrogens is 384 g/mol. The molecule has 6 rings (SSSR count). The van der Waals surface area contributed by atoms with Crippen LogP contribution in [0.2, 0.25) is 0 Å². The van der Waals surface area contributed by atoms with Crippen molar-refractivity contribution in [1.29, 1.82) is 0 Å². The molecule has 1 atom stereocenters. The number of aromatic amines is 1. The quantitative estimate of drug-likeness (QED) is 0.665. The van der Waals surface area contributed by atoms with Crippen molar-refractivity contribution in [1.82, 2.24) is 14.9 Å². The summed E-state index contributed by atoms with van der Waals surface area (Å²) >= 11 is 0. The van der Waals surface area contributed by atoms with Gasteiger partial charge >= 0.3 is 0 Å². The van der Waals surface area contributed by atoms with Gasteiger partial charge in [-0.05, 0) is 35.4 Å². The summed E-state index contributed by atoms with van der Waals surface area (Å²) in [5.41, 5.74) is 3.91. The first kappa shape index (κ1) is 17.1. The number of benzene rings is 2. The lowest BCUT2D eigenvalue weighted by Gasteiger charge is -2.40. The minimum atomic E-state index is -0.535. The first-order valence-electron chi connectivity index (χ1n) is 9.80. The van der Waals surface area contributed by atoms with Crippen molar-refractivity contribution in [2.75, 3.05) is 13.3 Å². The van der Waals surface area contributed by atoms with Crippen LogP contribution in [-0.2, 0) is 22.6 Å². The molecule has 4 heterocycles. The molecule has 3 aliphatic heterocycles. The van der Waals surface area contributed by atoms with Crippen molar-refractivity contribution in [3.05, 3.63) is 59.3 Å². The van der Waals surface area contributed by atoms with E-state index in [9.17, 15) is 9.59 Å². The molecule has 1 aromatic heterocycles. The van der Waals surface area contributed by atoms with Gasteiger partial charge in [0.2, 0.25) is 12.7 Å². The highest BCUT2D eigenvalue weighted by Gasteiger charge is 2.43. The van der Waals surface area contributed by atoms with Crippen LogP contribution >= 0.6 is 0 Å². The van der Waals surface area contributed by atoms with Gasteiger partial charge in [0.25, 0.3) is 5.91 Å². The fraction of sp³-hybridized carbons (Fsp3) is 0.227. The van der Waals surface area contributed by atoms with Crippen molar-refractivity contribution in [2.24, 2.45) is 5.10 Å². The number of nitrogens with one attached hydrogen (secondary N) is 1. The molecule has 2 amide bonds. The van der Waals surface area contributed by atoms with Gasteiger partial charge in [0.15, 0.2) is 11.5 Å². The zero-order valence-electron chi connectivity index (χ0n) is 16.0. The number of para-hydroxylation sites is 1. The van der Waals surface area contributed by atoms with Crippen molar-refractivity contribution in [3.8, 4) is 11.5 Å². The number of amides is 2. The third-order valence-electron chi connectivity index (χ3n) is 5.89. The number of H-pyrrole nitrogens is 1. The molecule has 0 spiro atoms. The lowest BCUT2D eigenvalue weighted by Crippen LogP contribution is -2.60. The number of hydrogen-bond donors (Lipinski definition) is 1. The van der Waals surface area contributed by atoms with E-state index < -0.39 is 6.04 Å². The van der Waals surface area contributed by atoms with Crippen LogP contribution in [-0.4, -0.2) is 52.3 Å². The van der Waals surface area contributed by atoms with Crippen LogP contribution < -0.4 is 9.47 Å². The molecule has 30 heavy (non-hydrogen) atoms. The topological polar surface area (TPSA) is 87.2 Å². The molecule has 1 saturated heterocycles. The van der Waals surface area contributed by atoms with Crippen LogP contribution in [0.4, 0.5) is 0 Å². The second-order valence-corrected chi connectivity index (χ2v) is 7.62. The summed E-state index contributed by atoms with van der Waals surface area (Å²) in [6.07, 6.45) is 2.06. The number of nitrogens with zero attached hydrogens (tertiary/aromatic N) is 3. The van der Waals surface area contributed by atoms with Gasteiger partial charge in [0.1, 0.15) is 12.6 Å². The zero-order valence-corrected chi connectivity index (χ0v) is 16.0. The summed E-state index contributed by atoms with van der Waals surface area (Å²) in [5, 5.41) is 6.69.